The van der Waals surface area contributed by atoms with Crippen LogP contribution < -0.4 is 5.32 Å². The Balaban J connectivity index is 1.79. The molecule has 0 aromatic carbocycles. The zero-order valence-corrected chi connectivity index (χ0v) is 13.6. The number of nitrogens with zero attached hydrogens (tertiary/aromatic N) is 1. The van der Waals surface area contributed by atoms with Gasteiger partial charge in [-0.3, -0.25) is 0 Å². The molecule has 0 bridgehead atoms. The summed E-state index contributed by atoms with van der Waals surface area (Å²) in [5.41, 5.74) is 0. The zero-order chi connectivity index (χ0) is 14.4. The van der Waals surface area contributed by atoms with Crippen LogP contribution in [-0.2, 0) is 4.74 Å². The molecule has 0 aromatic rings. The highest BCUT2D eigenvalue weighted by Gasteiger charge is 2.29. The van der Waals surface area contributed by atoms with Gasteiger partial charge in [-0.2, -0.15) is 11.8 Å². The Labute approximate surface area is 127 Å². The summed E-state index contributed by atoms with van der Waals surface area (Å²) in [6, 6.07) is 0.112. The molecule has 2 saturated heterocycles. The summed E-state index contributed by atoms with van der Waals surface area (Å²) in [5.74, 6) is 3.23. The molecule has 116 valence electrons. The summed E-state index contributed by atoms with van der Waals surface area (Å²) in [7, 11) is 0. The Morgan fingerprint density at radius 3 is 3.00 bits per heavy atom. The van der Waals surface area contributed by atoms with Crippen molar-refractivity contribution in [1.82, 2.24) is 10.2 Å². The topological polar surface area (TPSA) is 41.6 Å². The number of ether oxygens (including phenoxy) is 1. The van der Waals surface area contributed by atoms with Gasteiger partial charge in [0, 0.05) is 37.9 Å². The summed E-state index contributed by atoms with van der Waals surface area (Å²) in [6.45, 7) is 7.81. The van der Waals surface area contributed by atoms with Crippen molar-refractivity contribution in [3.8, 4) is 0 Å². The lowest BCUT2D eigenvalue weighted by atomic mass is 9.87. The fourth-order valence-corrected chi connectivity index (χ4v) is 3.99. The third-order valence-electron chi connectivity index (χ3n) is 4.18. The quantitative estimate of drug-likeness (QED) is 0.871. The van der Waals surface area contributed by atoms with Crippen LogP contribution in [0.3, 0.4) is 0 Å². The second kappa shape index (κ2) is 8.13. The Kier molecular flexibility index (Phi) is 6.49. The second-order valence-electron chi connectivity index (χ2n) is 6.12. The number of nitrogens with one attached hydrogen (secondary N) is 1. The zero-order valence-electron chi connectivity index (χ0n) is 12.8. The van der Waals surface area contributed by atoms with E-state index in [9.17, 15) is 4.79 Å². The molecule has 20 heavy (non-hydrogen) atoms. The second-order valence-corrected chi connectivity index (χ2v) is 7.35. The molecule has 2 fully saturated rings. The minimum atomic E-state index is 0.112. The fourth-order valence-electron chi connectivity index (χ4n) is 3.10. The Bertz CT molecular complexity index is 304. The van der Waals surface area contributed by atoms with Gasteiger partial charge in [0.05, 0.1) is 6.10 Å². The summed E-state index contributed by atoms with van der Waals surface area (Å²) < 4.78 is 5.88. The number of amides is 2. The van der Waals surface area contributed by atoms with Gasteiger partial charge in [0.25, 0.3) is 0 Å². The van der Waals surface area contributed by atoms with Gasteiger partial charge in [0.15, 0.2) is 0 Å². The molecular formula is C15H28N2O2S. The molecule has 4 nitrogen and oxygen atoms in total. The van der Waals surface area contributed by atoms with Crippen LogP contribution in [0.4, 0.5) is 4.79 Å². The smallest absolute Gasteiger partial charge is 0.317 e. The van der Waals surface area contributed by atoms with Crippen molar-refractivity contribution in [2.24, 2.45) is 11.8 Å². The molecule has 2 rings (SSSR count). The van der Waals surface area contributed by atoms with Crippen molar-refractivity contribution in [3.05, 3.63) is 0 Å². The predicted molar refractivity (Wildman–Crippen MR) is 84.2 cm³/mol. The lowest BCUT2D eigenvalue weighted by molar-refractivity contribution is -0.0510. The van der Waals surface area contributed by atoms with E-state index in [1.54, 1.807) is 0 Å². The van der Waals surface area contributed by atoms with Crippen LogP contribution >= 0.6 is 11.8 Å². The van der Waals surface area contributed by atoms with Crippen LogP contribution in [0.1, 0.15) is 33.1 Å². The van der Waals surface area contributed by atoms with Gasteiger partial charge in [0.1, 0.15) is 0 Å². The molecule has 2 unspecified atom stereocenters. The Morgan fingerprint density at radius 1 is 1.35 bits per heavy atom. The first-order chi connectivity index (χ1) is 9.68. The average Bonchev–Trinajstić information content (AvgIpc) is 2.74. The highest BCUT2D eigenvalue weighted by molar-refractivity contribution is 7.99. The van der Waals surface area contributed by atoms with Crippen LogP contribution in [0.15, 0.2) is 0 Å². The van der Waals surface area contributed by atoms with E-state index in [1.165, 1.54) is 12.2 Å². The minimum absolute atomic E-state index is 0.112. The molecule has 0 aliphatic carbocycles. The first-order valence-electron chi connectivity index (χ1n) is 7.90. The fraction of sp³-hybridized carbons (Fsp3) is 0.933. The maximum absolute atomic E-state index is 12.2. The molecule has 0 radical (unpaired) electrons. The lowest BCUT2D eigenvalue weighted by Gasteiger charge is -2.35. The molecule has 2 amide bonds. The minimum Gasteiger partial charge on any atom is -0.378 e. The number of rotatable bonds is 3. The van der Waals surface area contributed by atoms with Crippen molar-refractivity contribution in [1.29, 1.82) is 0 Å². The number of urea groups is 1. The van der Waals surface area contributed by atoms with Crippen molar-refractivity contribution < 1.29 is 9.53 Å². The van der Waals surface area contributed by atoms with Crippen molar-refractivity contribution in [2.75, 3.05) is 37.7 Å². The standard InChI is InChI=1S/C15H28N2O2S/c1-12(2)14-13(5-3-8-19-14)11-16-15(18)17-6-4-9-20-10-7-17/h12-14H,3-11H2,1-2H3,(H,16,18). The van der Waals surface area contributed by atoms with Gasteiger partial charge in [-0.05, 0) is 30.9 Å². The Morgan fingerprint density at radius 2 is 2.20 bits per heavy atom. The maximum Gasteiger partial charge on any atom is 0.317 e. The normalized spacial score (nSPS) is 28.2. The van der Waals surface area contributed by atoms with E-state index < -0.39 is 0 Å². The first-order valence-corrected chi connectivity index (χ1v) is 9.06. The molecule has 2 atom stereocenters. The van der Waals surface area contributed by atoms with Crippen LogP contribution in [0, 0.1) is 11.8 Å². The molecular weight excluding hydrogens is 272 g/mol. The molecule has 0 saturated carbocycles. The van der Waals surface area contributed by atoms with E-state index in [4.69, 9.17) is 4.74 Å². The number of carbonyl (C=O) groups is 1. The third-order valence-corrected chi connectivity index (χ3v) is 5.22. The molecule has 0 aromatic heterocycles. The van der Waals surface area contributed by atoms with E-state index >= 15 is 0 Å². The molecule has 0 spiro atoms. The number of hydrogen-bond donors (Lipinski definition) is 1. The van der Waals surface area contributed by atoms with E-state index in [1.807, 2.05) is 16.7 Å². The average molecular weight is 300 g/mol. The van der Waals surface area contributed by atoms with E-state index in [2.05, 4.69) is 19.2 Å². The van der Waals surface area contributed by atoms with Crippen LogP contribution in [-0.4, -0.2) is 54.8 Å². The van der Waals surface area contributed by atoms with E-state index in [0.29, 0.717) is 17.9 Å². The van der Waals surface area contributed by atoms with Gasteiger partial charge in [-0.15, -0.1) is 0 Å². The molecule has 2 aliphatic rings. The van der Waals surface area contributed by atoms with Gasteiger partial charge < -0.3 is 15.0 Å². The lowest BCUT2D eigenvalue weighted by Crippen LogP contribution is -2.46. The van der Waals surface area contributed by atoms with Crippen molar-refractivity contribution in [2.45, 2.75) is 39.2 Å². The highest BCUT2D eigenvalue weighted by atomic mass is 32.2. The van der Waals surface area contributed by atoms with Gasteiger partial charge in [-0.1, -0.05) is 13.8 Å². The van der Waals surface area contributed by atoms with E-state index in [-0.39, 0.29) is 6.03 Å². The van der Waals surface area contributed by atoms with E-state index in [0.717, 1.165) is 44.8 Å². The number of thioether (sulfide) groups is 1. The summed E-state index contributed by atoms with van der Waals surface area (Å²) in [4.78, 5) is 14.2. The maximum atomic E-state index is 12.2. The SMILES string of the molecule is CC(C)C1OCCCC1CNC(=O)N1CCCSCC1. The monoisotopic (exact) mass is 300 g/mol. The number of carbonyl (C=O) groups excluding carboxylic acids is 1. The van der Waals surface area contributed by atoms with Crippen LogP contribution in [0.5, 0.6) is 0 Å². The van der Waals surface area contributed by atoms with Gasteiger partial charge in [-0.25, -0.2) is 4.79 Å². The largest absolute Gasteiger partial charge is 0.378 e. The first kappa shape index (κ1) is 16.0. The number of hydrogen-bond acceptors (Lipinski definition) is 3. The summed E-state index contributed by atoms with van der Waals surface area (Å²) >= 11 is 1.95. The van der Waals surface area contributed by atoms with Crippen LogP contribution in [0.25, 0.3) is 0 Å². The van der Waals surface area contributed by atoms with Crippen molar-refractivity contribution in [3.63, 3.8) is 0 Å². The third kappa shape index (κ3) is 4.55. The molecule has 2 aliphatic heterocycles. The Hall–Kier alpha value is -0.420. The molecule has 1 N–H and O–H groups in total. The predicted octanol–water partition coefficient (Wildman–Crippen LogP) is 2.59. The van der Waals surface area contributed by atoms with Gasteiger partial charge in [0.2, 0.25) is 0 Å². The van der Waals surface area contributed by atoms with Crippen LogP contribution in [0.2, 0.25) is 0 Å². The summed E-state index contributed by atoms with van der Waals surface area (Å²) in [5, 5.41) is 3.13. The summed E-state index contributed by atoms with van der Waals surface area (Å²) in [6.07, 6.45) is 3.69. The van der Waals surface area contributed by atoms with Gasteiger partial charge >= 0.3 is 6.03 Å². The molecule has 2 heterocycles. The molecule has 5 heteroatoms. The highest BCUT2D eigenvalue weighted by Crippen LogP contribution is 2.25. The van der Waals surface area contributed by atoms with Crippen molar-refractivity contribution >= 4 is 17.8 Å².